The Kier molecular flexibility index (Phi) is 3.84. The minimum Gasteiger partial charge on any atom is -0.481 e. The highest BCUT2D eigenvalue weighted by Crippen LogP contribution is 2.24. The lowest BCUT2D eigenvalue weighted by Gasteiger charge is -2.18. The third kappa shape index (κ3) is 2.81. The Morgan fingerprint density at radius 2 is 1.89 bits per heavy atom. The minimum absolute atomic E-state index is 0.151. The summed E-state index contributed by atoms with van der Waals surface area (Å²) in [5.74, 6) is -1.33. The number of aromatic nitrogens is 1. The van der Waals surface area contributed by atoms with Crippen molar-refractivity contribution in [1.29, 1.82) is 0 Å². The first-order chi connectivity index (χ1) is 8.70. The molecule has 1 heterocycles. The number of hydrogen-bond acceptors (Lipinski definition) is 3. The average molecular weight is 250 g/mol. The molecule has 1 aromatic carbocycles. The fraction of sp³-hybridized carbons (Fsp3) is 0.154. The van der Waals surface area contributed by atoms with E-state index in [1.54, 1.807) is 24.5 Å². The van der Waals surface area contributed by atoms with E-state index < -0.39 is 17.7 Å². The van der Waals surface area contributed by atoms with Crippen LogP contribution in [0, 0.1) is 11.6 Å². The van der Waals surface area contributed by atoms with Crippen LogP contribution in [0.5, 0.6) is 5.75 Å². The normalized spacial score (nSPS) is 12.2. The highest BCUT2D eigenvalue weighted by molar-refractivity contribution is 5.26. The molecule has 0 bridgehead atoms. The van der Waals surface area contributed by atoms with Crippen molar-refractivity contribution in [2.45, 2.75) is 6.10 Å². The molecule has 3 nitrogen and oxygen atoms in total. The highest BCUT2D eigenvalue weighted by atomic mass is 19.1. The van der Waals surface area contributed by atoms with E-state index >= 15 is 0 Å². The molecule has 94 valence electrons. The number of benzene rings is 1. The molecule has 2 N–H and O–H groups in total. The van der Waals surface area contributed by atoms with Gasteiger partial charge in [-0.05, 0) is 29.8 Å². The van der Waals surface area contributed by atoms with Gasteiger partial charge in [-0.15, -0.1) is 0 Å². The first-order valence-corrected chi connectivity index (χ1v) is 5.42. The monoisotopic (exact) mass is 250 g/mol. The van der Waals surface area contributed by atoms with Gasteiger partial charge in [-0.3, -0.25) is 4.98 Å². The lowest BCUT2D eigenvalue weighted by molar-refractivity contribution is 0.203. The van der Waals surface area contributed by atoms with Gasteiger partial charge in [0.1, 0.15) is 11.9 Å². The first-order valence-electron chi connectivity index (χ1n) is 5.42. The quantitative estimate of drug-likeness (QED) is 0.906. The van der Waals surface area contributed by atoms with Crippen LogP contribution in [-0.2, 0) is 0 Å². The second kappa shape index (κ2) is 5.55. The number of nitrogens with zero attached hydrogens (tertiary/aromatic N) is 1. The van der Waals surface area contributed by atoms with E-state index in [1.165, 1.54) is 0 Å². The molecule has 2 rings (SSSR count). The molecule has 2 aromatic rings. The summed E-state index contributed by atoms with van der Waals surface area (Å²) in [7, 11) is 0. The third-order valence-electron chi connectivity index (χ3n) is 2.45. The predicted molar refractivity (Wildman–Crippen MR) is 63.0 cm³/mol. The fourth-order valence-electron chi connectivity index (χ4n) is 1.55. The summed E-state index contributed by atoms with van der Waals surface area (Å²) in [5.41, 5.74) is 6.34. The molecule has 1 aromatic heterocycles. The summed E-state index contributed by atoms with van der Waals surface area (Å²) in [6, 6.07) is 6.49. The van der Waals surface area contributed by atoms with Gasteiger partial charge in [-0.1, -0.05) is 0 Å². The van der Waals surface area contributed by atoms with Crippen LogP contribution in [-0.4, -0.2) is 11.5 Å². The molecule has 0 saturated heterocycles. The van der Waals surface area contributed by atoms with Gasteiger partial charge in [-0.2, -0.15) is 0 Å². The van der Waals surface area contributed by atoms with Gasteiger partial charge in [0.05, 0.1) is 0 Å². The Hall–Kier alpha value is -2.01. The van der Waals surface area contributed by atoms with Crippen molar-refractivity contribution in [3.05, 3.63) is 59.9 Å². The van der Waals surface area contributed by atoms with Gasteiger partial charge in [0.25, 0.3) is 0 Å². The molecule has 1 unspecified atom stereocenters. The molecular formula is C13H12F2N2O. The van der Waals surface area contributed by atoms with Crippen LogP contribution < -0.4 is 10.5 Å². The van der Waals surface area contributed by atoms with Crippen molar-refractivity contribution in [3.8, 4) is 5.75 Å². The lowest BCUT2D eigenvalue weighted by atomic mass is 10.1. The van der Waals surface area contributed by atoms with Gasteiger partial charge in [0.15, 0.2) is 11.6 Å². The Balaban J connectivity index is 2.23. The molecule has 0 aliphatic carbocycles. The van der Waals surface area contributed by atoms with Crippen LogP contribution in [0.25, 0.3) is 0 Å². The Labute approximate surface area is 103 Å². The molecule has 0 saturated carbocycles. The van der Waals surface area contributed by atoms with Gasteiger partial charge in [-0.25, -0.2) is 8.78 Å². The van der Waals surface area contributed by atoms with Crippen LogP contribution in [0.1, 0.15) is 11.7 Å². The summed E-state index contributed by atoms with van der Waals surface area (Å²) >= 11 is 0. The number of halogens is 2. The van der Waals surface area contributed by atoms with Crippen molar-refractivity contribution >= 4 is 0 Å². The van der Waals surface area contributed by atoms with Gasteiger partial charge < -0.3 is 10.5 Å². The van der Waals surface area contributed by atoms with Gasteiger partial charge >= 0.3 is 0 Å². The van der Waals surface area contributed by atoms with E-state index in [0.717, 1.165) is 23.8 Å². The van der Waals surface area contributed by atoms with E-state index in [1.807, 2.05) is 0 Å². The van der Waals surface area contributed by atoms with E-state index in [2.05, 4.69) is 4.98 Å². The molecule has 0 fully saturated rings. The largest absolute Gasteiger partial charge is 0.481 e. The van der Waals surface area contributed by atoms with Gasteiger partial charge in [0.2, 0.25) is 0 Å². The van der Waals surface area contributed by atoms with Crippen LogP contribution in [0.2, 0.25) is 0 Å². The predicted octanol–water partition coefficient (Wildman–Crippen LogP) is 2.44. The Morgan fingerprint density at radius 3 is 2.56 bits per heavy atom. The topological polar surface area (TPSA) is 48.1 Å². The zero-order chi connectivity index (χ0) is 13.0. The van der Waals surface area contributed by atoms with Crippen molar-refractivity contribution in [1.82, 2.24) is 4.98 Å². The van der Waals surface area contributed by atoms with Gasteiger partial charge in [0, 0.05) is 25.0 Å². The van der Waals surface area contributed by atoms with Crippen LogP contribution in [0.15, 0.2) is 42.7 Å². The third-order valence-corrected chi connectivity index (χ3v) is 2.45. The van der Waals surface area contributed by atoms with Crippen molar-refractivity contribution < 1.29 is 13.5 Å². The van der Waals surface area contributed by atoms with E-state index in [4.69, 9.17) is 10.5 Å². The summed E-state index contributed by atoms with van der Waals surface area (Å²) in [5, 5.41) is 0. The maximum absolute atomic E-state index is 13.4. The smallest absolute Gasteiger partial charge is 0.165 e. The number of ether oxygens (including phenoxy) is 1. The standard InChI is InChI=1S/C13H12F2N2O/c14-10-1-2-11(15)12(7-10)18-13(8-16)9-3-5-17-6-4-9/h1-7,13H,8,16H2. The second-order valence-corrected chi connectivity index (χ2v) is 3.70. The number of hydrogen-bond donors (Lipinski definition) is 1. The molecule has 5 heteroatoms. The van der Waals surface area contributed by atoms with Crippen molar-refractivity contribution in [2.75, 3.05) is 6.54 Å². The Morgan fingerprint density at radius 1 is 1.17 bits per heavy atom. The van der Waals surface area contributed by atoms with Crippen LogP contribution >= 0.6 is 0 Å². The highest BCUT2D eigenvalue weighted by Gasteiger charge is 2.14. The summed E-state index contributed by atoms with van der Waals surface area (Å²) in [6.45, 7) is 0.153. The summed E-state index contributed by atoms with van der Waals surface area (Å²) < 4.78 is 31.8. The zero-order valence-corrected chi connectivity index (χ0v) is 9.51. The maximum Gasteiger partial charge on any atom is 0.165 e. The number of pyridine rings is 1. The average Bonchev–Trinajstić information content (AvgIpc) is 2.41. The molecular weight excluding hydrogens is 238 g/mol. The first kappa shape index (κ1) is 12.4. The van der Waals surface area contributed by atoms with E-state index in [9.17, 15) is 8.78 Å². The molecule has 0 spiro atoms. The van der Waals surface area contributed by atoms with E-state index in [0.29, 0.717) is 0 Å². The fourth-order valence-corrected chi connectivity index (χ4v) is 1.55. The van der Waals surface area contributed by atoms with Crippen LogP contribution in [0.4, 0.5) is 8.78 Å². The number of nitrogens with two attached hydrogens (primary N) is 1. The maximum atomic E-state index is 13.4. The minimum atomic E-state index is -0.621. The van der Waals surface area contributed by atoms with Crippen LogP contribution in [0.3, 0.4) is 0 Å². The molecule has 0 aliphatic heterocycles. The zero-order valence-electron chi connectivity index (χ0n) is 9.51. The molecule has 0 amide bonds. The SMILES string of the molecule is NCC(Oc1cc(F)ccc1F)c1ccncc1. The molecule has 1 atom stereocenters. The molecule has 0 aliphatic rings. The molecule has 18 heavy (non-hydrogen) atoms. The Bertz CT molecular complexity index is 520. The van der Waals surface area contributed by atoms with E-state index in [-0.39, 0.29) is 12.3 Å². The molecule has 0 radical (unpaired) electrons. The number of rotatable bonds is 4. The lowest BCUT2D eigenvalue weighted by Crippen LogP contribution is -2.19. The summed E-state index contributed by atoms with van der Waals surface area (Å²) in [6.07, 6.45) is 2.64. The summed E-state index contributed by atoms with van der Waals surface area (Å²) in [4.78, 5) is 3.87. The second-order valence-electron chi connectivity index (χ2n) is 3.70. The van der Waals surface area contributed by atoms with Crippen molar-refractivity contribution in [3.63, 3.8) is 0 Å². The van der Waals surface area contributed by atoms with Crippen molar-refractivity contribution in [2.24, 2.45) is 5.73 Å².